The first-order valence-corrected chi connectivity index (χ1v) is 5.81. The minimum absolute atomic E-state index is 0.831. The molecule has 1 aromatic carbocycles. The van der Waals surface area contributed by atoms with Crippen molar-refractivity contribution < 1.29 is 0 Å². The Morgan fingerprint density at radius 2 is 2.20 bits per heavy atom. The van der Waals surface area contributed by atoms with Crippen molar-refractivity contribution in [3.8, 4) is 0 Å². The van der Waals surface area contributed by atoms with Gasteiger partial charge in [0.2, 0.25) is 0 Å². The van der Waals surface area contributed by atoms with Crippen LogP contribution in [0, 0.1) is 6.92 Å². The molecule has 78 valence electrons. The summed E-state index contributed by atoms with van der Waals surface area (Å²) < 4.78 is 0. The Morgan fingerprint density at radius 3 is 2.93 bits per heavy atom. The summed E-state index contributed by atoms with van der Waals surface area (Å²) >= 11 is 1.71. The Bertz CT molecular complexity index is 435. The molecule has 3 N–H and O–H groups in total. The van der Waals surface area contributed by atoms with Gasteiger partial charge in [-0.3, -0.25) is 0 Å². The molecular weight excluding hydrogens is 204 g/mol. The highest BCUT2D eigenvalue weighted by Gasteiger charge is 2.00. The van der Waals surface area contributed by atoms with E-state index in [4.69, 9.17) is 5.73 Å². The van der Waals surface area contributed by atoms with Gasteiger partial charge >= 0.3 is 0 Å². The zero-order valence-corrected chi connectivity index (χ0v) is 9.47. The van der Waals surface area contributed by atoms with Gasteiger partial charge in [-0.15, -0.1) is 0 Å². The van der Waals surface area contributed by atoms with Gasteiger partial charge in [-0.1, -0.05) is 12.1 Å². The van der Waals surface area contributed by atoms with E-state index in [1.807, 2.05) is 25.1 Å². The predicted molar refractivity (Wildman–Crippen MR) is 67.2 cm³/mol. The second kappa shape index (κ2) is 4.36. The summed E-state index contributed by atoms with van der Waals surface area (Å²) in [7, 11) is 0. The summed E-state index contributed by atoms with van der Waals surface area (Å²) in [6, 6.07) is 8.16. The quantitative estimate of drug-likeness (QED) is 0.776. The molecule has 1 heterocycles. The molecule has 0 aliphatic rings. The summed E-state index contributed by atoms with van der Waals surface area (Å²) in [5.74, 6) is 0. The minimum atomic E-state index is 0.831. The molecule has 0 spiro atoms. The van der Waals surface area contributed by atoms with E-state index in [1.54, 1.807) is 11.3 Å². The van der Waals surface area contributed by atoms with Crippen molar-refractivity contribution in [3.63, 3.8) is 0 Å². The van der Waals surface area contributed by atoms with Gasteiger partial charge in [-0.05, 0) is 40.9 Å². The molecule has 0 saturated heterocycles. The van der Waals surface area contributed by atoms with E-state index in [-0.39, 0.29) is 0 Å². The van der Waals surface area contributed by atoms with Crippen LogP contribution in [0.15, 0.2) is 35.0 Å². The summed E-state index contributed by atoms with van der Waals surface area (Å²) in [6.07, 6.45) is 0. The van der Waals surface area contributed by atoms with Crippen LogP contribution in [0.4, 0.5) is 11.4 Å². The van der Waals surface area contributed by atoms with E-state index < -0.39 is 0 Å². The summed E-state index contributed by atoms with van der Waals surface area (Å²) in [4.78, 5) is 0. The summed E-state index contributed by atoms with van der Waals surface area (Å²) in [6.45, 7) is 2.85. The van der Waals surface area contributed by atoms with Gasteiger partial charge in [0.25, 0.3) is 0 Å². The Morgan fingerprint density at radius 1 is 1.33 bits per heavy atom. The van der Waals surface area contributed by atoms with Crippen molar-refractivity contribution in [1.82, 2.24) is 0 Å². The molecule has 0 aliphatic heterocycles. The molecule has 0 saturated carbocycles. The SMILES string of the molecule is Cc1cccc(NCc2ccsc2)c1N. The molecular formula is C12H14N2S. The van der Waals surface area contributed by atoms with E-state index in [2.05, 4.69) is 22.1 Å². The van der Waals surface area contributed by atoms with Crippen LogP contribution in [-0.4, -0.2) is 0 Å². The number of para-hydroxylation sites is 1. The highest BCUT2D eigenvalue weighted by Crippen LogP contribution is 2.22. The molecule has 0 atom stereocenters. The van der Waals surface area contributed by atoms with Gasteiger partial charge < -0.3 is 11.1 Å². The standard InChI is InChI=1S/C12H14N2S/c1-9-3-2-4-11(12(9)13)14-7-10-5-6-15-8-10/h2-6,8,14H,7,13H2,1H3. The average molecular weight is 218 g/mol. The predicted octanol–water partition coefficient (Wildman–Crippen LogP) is 3.25. The minimum Gasteiger partial charge on any atom is -0.397 e. The van der Waals surface area contributed by atoms with Gasteiger partial charge in [0, 0.05) is 6.54 Å². The van der Waals surface area contributed by atoms with Gasteiger partial charge in [-0.25, -0.2) is 0 Å². The Kier molecular flexibility index (Phi) is 2.92. The maximum Gasteiger partial charge on any atom is 0.0579 e. The van der Waals surface area contributed by atoms with Gasteiger partial charge in [0.15, 0.2) is 0 Å². The van der Waals surface area contributed by atoms with E-state index in [0.29, 0.717) is 0 Å². The number of thiophene rings is 1. The fraction of sp³-hybridized carbons (Fsp3) is 0.167. The zero-order valence-electron chi connectivity index (χ0n) is 8.66. The van der Waals surface area contributed by atoms with Crippen molar-refractivity contribution >= 4 is 22.7 Å². The molecule has 1 aromatic heterocycles. The van der Waals surface area contributed by atoms with Crippen molar-refractivity contribution in [2.45, 2.75) is 13.5 Å². The molecule has 0 bridgehead atoms. The average Bonchev–Trinajstić information content (AvgIpc) is 2.73. The highest BCUT2D eigenvalue weighted by atomic mass is 32.1. The first-order valence-electron chi connectivity index (χ1n) is 4.87. The number of nitrogens with one attached hydrogen (secondary N) is 1. The summed E-state index contributed by atoms with van der Waals surface area (Å²) in [5, 5.41) is 7.56. The molecule has 0 fully saturated rings. The number of nitrogens with two attached hydrogens (primary N) is 1. The maximum absolute atomic E-state index is 5.96. The second-order valence-electron chi connectivity index (χ2n) is 3.52. The van der Waals surface area contributed by atoms with Crippen molar-refractivity contribution in [2.75, 3.05) is 11.1 Å². The lowest BCUT2D eigenvalue weighted by Gasteiger charge is -2.10. The maximum atomic E-state index is 5.96. The third kappa shape index (κ3) is 2.30. The smallest absolute Gasteiger partial charge is 0.0579 e. The molecule has 3 heteroatoms. The number of hydrogen-bond acceptors (Lipinski definition) is 3. The molecule has 0 amide bonds. The topological polar surface area (TPSA) is 38.0 Å². The fourth-order valence-corrected chi connectivity index (χ4v) is 2.09. The molecule has 2 rings (SSSR count). The van der Waals surface area contributed by atoms with E-state index in [0.717, 1.165) is 23.5 Å². The molecule has 2 nitrogen and oxygen atoms in total. The van der Waals surface area contributed by atoms with Crippen molar-refractivity contribution in [1.29, 1.82) is 0 Å². The molecule has 0 unspecified atom stereocenters. The number of benzene rings is 1. The lowest BCUT2D eigenvalue weighted by Crippen LogP contribution is -2.02. The number of anilines is 2. The Balaban J connectivity index is 2.08. The number of hydrogen-bond donors (Lipinski definition) is 2. The first kappa shape index (κ1) is 10.1. The van der Waals surface area contributed by atoms with Crippen LogP contribution < -0.4 is 11.1 Å². The number of aryl methyl sites for hydroxylation is 1. The third-order valence-corrected chi connectivity index (χ3v) is 3.12. The van der Waals surface area contributed by atoms with Crippen LogP contribution >= 0.6 is 11.3 Å². The fourth-order valence-electron chi connectivity index (χ4n) is 1.43. The van der Waals surface area contributed by atoms with Crippen LogP contribution in [0.1, 0.15) is 11.1 Å². The second-order valence-corrected chi connectivity index (χ2v) is 4.30. The van der Waals surface area contributed by atoms with E-state index >= 15 is 0 Å². The monoisotopic (exact) mass is 218 g/mol. The lowest BCUT2D eigenvalue weighted by molar-refractivity contribution is 1.16. The van der Waals surface area contributed by atoms with Crippen LogP contribution in [0.2, 0.25) is 0 Å². The molecule has 0 radical (unpaired) electrons. The molecule has 0 aliphatic carbocycles. The summed E-state index contributed by atoms with van der Waals surface area (Å²) in [5.41, 5.74) is 10.2. The first-order chi connectivity index (χ1) is 7.27. The highest BCUT2D eigenvalue weighted by molar-refractivity contribution is 7.07. The zero-order chi connectivity index (χ0) is 10.7. The normalized spacial score (nSPS) is 10.2. The number of nitrogen functional groups attached to an aromatic ring is 1. The van der Waals surface area contributed by atoms with Crippen LogP contribution in [-0.2, 0) is 6.54 Å². The van der Waals surface area contributed by atoms with Crippen LogP contribution in [0.5, 0.6) is 0 Å². The van der Waals surface area contributed by atoms with Gasteiger partial charge in [-0.2, -0.15) is 11.3 Å². The molecule has 15 heavy (non-hydrogen) atoms. The van der Waals surface area contributed by atoms with Crippen LogP contribution in [0.25, 0.3) is 0 Å². The van der Waals surface area contributed by atoms with E-state index in [1.165, 1.54) is 5.56 Å². The number of rotatable bonds is 3. The van der Waals surface area contributed by atoms with Crippen molar-refractivity contribution in [2.24, 2.45) is 0 Å². The largest absolute Gasteiger partial charge is 0.397 e. The van der Waals surface area contributed by atoms with Gasteiger partial charge in [0.05, 0.1) is 11.4 Å². The van der Waals surface area contributed by atoms with Gasteiger partial charge in [0.1, 0.15) is 0 Å². The van der Waals surface area contributed by atoms with Crippen molar-refractivity contribution in [3.05, 3.63) is 46.2 Å². The van der Waals surface area contributed by atoms with E-state index in [9.17, 15) is 0 Å². The van der Waals surface area contributed by atoms with Crippen LogP contribution in [0.3, 0.4) is 0 Å². The Labute approximate surface area is 93.7 Å². The lowest BCUT2D eigenvalue weighted by atomic mass is 10.1. The third-order valence-electron chi connectivity index (χ3n) is 2.39. The molecule has 2 aromatic rings. The Hall–Kier alpha value is -1.48.